The fraction of sp³-hybridized carbons (Fsp3) is 1.00. The van der Waals surface area contributed by atoms with E-state index in [1.54, 1.807) is 0 Å². The highest BCUT2D eigenvalue weighted by Crippen LogP contribution is 2.05. The van der Waals surface area contributed by atoms with Crippen molar-refractivity contribution in [1.82, 2.24) is 5.43 Å². The van der Waals surface area contributed by atoms with Gasteiger partial charge in [-0.25, -0.2) is 0 Å². The number of nitrogens with one attached hydrogen (secondary N) is 1. The minimum absolute atomic E-state index is 0.697. The number of nitrogens with two attached hydrogens (primary N) is 1. The molecule has 50 valence electrons. The molecule has 0 aliphatic carbocycles. The third-order valence-corrected chi connectivity index (χ3v) is 2.00. The van der Waals surface area contributed by atoms with Crippen LogP contribution in [0.1, 0.15) is 19.8 Å². The third-order valence-electron chi connectivity index (χ3n) is 0.941. The summed E-state index contributed by atoms with van der Waals surface area (Å²) in [4.78, 5) is 0. The number of rotatable bonds is 4. The van der Waals surface area contributed by atoms with Gasteiger partial charge < -0.3 is 0 Å². The number of alkyl halides is 1. The smallest absolute Gasteiger partial charge is 0.0248 e. The predicted octanol–water partition coefficient (Wildman–Crippen LogP) is 1.05. The summed E-state index contributed by atoms with van der Waals surface area (Å²) in [6, 6.07) is 0. The molecule has 1 atom stereocenters. The largest absolute Gasteiger partial charge is 0.271 e. The van der Waals surface area contributed by atoms with Crippen LogP contribution in [0.15, 0.2) is 0 Å². The Labute approximate surface area is 64.3 Å². The maximum absolute atomic E-state index is 5.10. The van der Waals surface area contributed by atoms with Gasteiger partial charge in [0.15, 0.2) is 0 Å². The zero-order valence-corrected chi connectivity index (χ0v) is 7.31. The van der Waals surface area contributed by atoms with Gasteiger partial charge in [0.05, 0.1) is 0 Å². The van der Waals surface area contributed by atoms with Crippen LogP contribution in [0.3, 0.4) is 0 Å². The first-order chi connectivity index (χ1) is 3.81. The molecule has 8 heavy (non-hydrogen) atoms. The van der Waals surface area contributed by atoms with Crippen LogP contribution < -0.4 is 11.3 Å². The standard InChI is InChI=1S/C5H13IN2/c1-2-3-5(6)4-8-7/h5,8H,2-4,7H2,1H3. The van der Waals surface area contributed by atoms with Crippen LogP contribution in [0, 0.1) is 0 Å². The van der Waals surface area contributed by atoms with E-state index in [2.05, 4.69) is 34.9 Å². The summed E-state index contributed by atoms with van der Waals surface area (Å²) in [5.74, 6) is 5.10. The van der Waals surface area contributed by atoms with Crippen molar-refractivity contribution in [3.63, 3.8) is 0 Å². The fourth-order valence-corrected chi connectivity index (χ4v) is 1.42. The second-order valence-electron chi connectivity index (χ2n) is 1.79. The Bertz CT molecular complexity index is 43.7. The first-order valence-electron chi connectivity index (χ1n) is 2.88. The van der Waals surface area contributed by atoms with E-state index in [-0.39, 0.29) is 0 Å². The molecule has 0 fully saturated rings. The van der Waals surface area contributed by atoms with E-state index in [0.29, 0.717) is 3.92 Å². The summed E-state index contributed by atoms with van der Waals surface area (Å²) in [6.45, 7) is 3.11. The quantitative estimate of drug-likeness (QED) is 0.326. The van der Waals surface area contributed by atoms with Gasteiger partial charge >= 0.3 is 0 Å². The lowest BCUT2D eigenvalue weighted by molar-refractivity contribution is 0.667. The maximum Gasteiger partial charge on any atom is 0.0248 e. The molecule has 2 nitrogen and oxygen atoms in total. The Morgan fingerprint density at radius 3 is 2.75 bits per heavy atom. The maximum atomic E-state index is 5.10. The van der Waals surface area contributed by atoms with Gasteiger partial charge in [0, 0.05) is 10.5 Å². The molecular formula is C5H13IN2. The van der Waals surface area contributed by atoms with Gasteiger partial charge in [0.1, 0.15) is 0 Å². The molecule has 3 N–H and O–H groups in total. The van der Waals surface area contributed by atoms with Crippen molar-refractivity contribution in [2.75, 3.05) is 6.54 Å². The van der Waals surface area contributed by atoms with Crippen molar-refractivity contribution in [3.8, 4) is 0 Å². The van der Waals surface area contributed by atoms with Crippen molar-refractivity contribution < 1.29 is 0 Å². The van der Waals surface area contributed by atoms with Gasteiger partial charge in [-0.05, 0) is 6.42 Å². The number of hydrogen-bond acceptors (Lipinski definition) is 2. The van der Waals surface area contributed by atoms with E-state index in [1.165, 1.54) is 12.8 Å². The van der Waals surface area contributed by atoms with Crippen molar-refractivity contribution in [1.29, 1.82) is 0 Å². The zero-order chi connectivity index (χ0) is 6.41. The molecule has 0 heterocycles. The first kappa shape index (κ1) is 8.65. The normalized spacial score (nSPS) is 13.9. The summed E-state index contributed by atoms with van der Waals surface area (Å²) in [7, 11) is 0. The van der Waals surface area contributed by atoms with Gasteiger partial charge in [0.25, 0.3) is 0 Å². The minimum Gasteiger partial charge on any atom is -0.271 e. The Balaban J connectivity index is 2.92. The molecule has 0 saturated heterocycles. The summed E-state index contributed by atoms with van der Waals surface area (Å²) in [6.07, 6.45) is 2.50. The van der Waals surface area contributed by atoms with Crippen molar-refractivity contribution >= 4 is 22.6 Å². The monoisotopic (exact) mass is 228 g/mol. The SMILES string of the molecule is CCCC(I)CNN. The average molecular weight is 228 g/mol. The Morgan fingerprint density at radius 1 is 1.75 bits per heavy atom. The number of hydrazine groups is 1. The summed E-state index contributed by atoms with van der Waals surface area (Å²) in [5, 5.41) is 0. The fourth-order valence-electron chi connectivity index (χ4n) is 0.543. The van der Waals surface area contributed by atoms with Gasteiger partial charge in [0.2, 0.25) is 0 Å². The highest BCUT2D eigenvalue weighted by Gasteiger charge is 1.97. The highest BCUT2D eigenvalue weighted by atomic mass is 127. The molecule has 0 aliphatic rings. The first-order valence-corrected chi connectivity index (χ1v) is 4.13. The van der Waals surface area contributed by atoms with E-state index in [4.69, 9.17) is 5.84 Å². The molecular weight excluding hydrogens is 215 g/mol. The van der Waals surface area contributed by atoms with Crippen LogP contribution in [0.25, 0.3) is 0 Å². The van der Waals surface area contributed by atoms with Crippen LogP contribution in [-0.4, -0.2) is 10.5 Å². The Kier molecular flexibility index (Phi) is 6.25. The predicted molar refractivity (Wildman–Crippen MR) is 44.9 cm³/mol. The second-order valence-corrected chi connectivity index (χ2v) is 3.56. The molecule has 1 unspecified atom stereocenters. The van der Waals surface area contributed by atoms with Crippen molar-refractivity contribution in [3.05, 3.63) is 0 Å². The van der Waals surface area contributed by atoms with Crippen LogP contribution in [0.5, 0.6) is 0 Å². The lowest BCUT2D eigenvalue weighted by Crippen LogP contribution is -2.28. The molecule has 0 amide bonds. The third kappa shape index (κ3) is 4.80. The van der Waals surface area contributed by atoms with Gasteiger partial charge in [-0.3, -0.25) is 11.3 Å². The molecule has 0 saturated carbocycles. The molecule has 0 spiro atoms. The highest BCUT2D eigenvalue weighted by molar-refractivity contribution is 14.1. The van der Waals surface area contributed by atoms with E-state index in [0.717, 1.165) is 6.54 Å². The van der Waals surface area contributed by atoms with Crippen LogP contribution >= 0.6 is 22.6 Å². The lowest BCUT2D eigenvalue weighted by Gasteiger charge is -2.04. The summed E-state index contributed by atoms with van der Waals surface area (Å²) >= 11 is 2.40. The van der Waals surface area contributed by atoms with Crippen LogP contribution in [-0.2, 0) is 0 Å². The molecule has 0 aromatic heterocycles. The Morgan fingerprint density at radius 2 is 2.38 bits per heavy atom. The van der Waals surface area contributed by atoms with E-state index < -0.39 is 0 Å². The van der Waals surface area contributed by atoms with E-state index in [9.17, 15) is 0 Å². The van der Waals surface area contributed by atoms with Gasteiger partial charge in [-0.1, -0.05) is 35.9 Å². The van der Waals surface area contributed by atoms with Gasteiger partial charge in [-0.2, -0.15) is 0 Å². The summed E-state index contributed by atoms with van der Waals surface area (Å²) < 4.78 is 0.697. The second kappa shape index (κ2) is 5.78. The molecule has 0 radical (unpaired) electrons. The van der Waals surface area contributed by atoms with Crippen molar-refractivity contribution in [2.45, 2.75) is 23.7 Å². The van der Waals surface area contributed by atoms with Crippen LogP contribution in [0.4, 0.5) is 0 Å². The van der Waals surface area contributed by atoms with Gasteiger partial charge in [-0.15, -0.1) is 0 Å². The van der Waals surface area contributed by atoms with E-state index >= 15 is 0 Å². The molecule has 0 aromatic rings. The molecule has 0 aromatic carbocycles. The van der Waals surface area contributed by atoms with Crippen molar-refractivity contribution in [2.24, 2.45) is 5.84 Å². The van der Waals surface area contributed by atoms with Crippen LogP contribution in [0.2, 0.25) is 0 Å². The molecule has 0 aliphatic heterocycles. The van der Waals surface area contributed by atoms with E-state index in [1.807, 2.05) is 0 Å². The zero-order valence-electron chi connectivity index (χ0n) is 5.15. The molecule has 0 bridgehead atoms. The summed E-state index contributed by atoms with van der Waals surface area (Å²) in [5.41, 5.74) is 2.64. The number of halogens is 1. The molecule has 3 heteroatoms. The Hall–Kier alpha value is 0.650. The lowest BCUT2D eigenvalue weighted by atomic mass is 10.2. The topological polar surface area (TPSA) is 38.0 Å². The average Bonchev–Trinajstić information content (AvgIpc) is 1.68. The minimum atomic E-state index is 0.697. The number of hydrogen-bond donors (Lipinski definition) is 2. The molecule has 0 rings (SSSR count).